The Morgan fingerprint density at radius 1 is 1.60 bits per heavy atom. The van der Waals surface area contributed by atoms with E-state index in [-0.39, 0.29) is 0 Å². The summed E-state index contributed by atoms with van der Waals surface area (Å²) in [5.74, 6) is -1.74. The fraction of sp³-hybridized carbons (Fsp3) is 0.200. The molecule has 15 heavy (non-hydrogen) atoms. The standard InChI is InChI=1S/C10H11NO3S/c1-7-4-5-15-8(7)2-3-9(12)11-6-10(13)14/h2-5H,6H2,1H3,(H,11,12)(H,13,14)/p-1. The lowest BCUT2D eigenvalue weighted by Crippen LogP contribution is -2.36. The predicted octanol–water partition coefficient (Wildman–Crippen LogP) is -0.0642. The summed E-state index contributed by atoms with van der Waals surface area (Å²) >= 11 is 1.52. The van der Waals surface area contributed by atoms with Gasteiger partial charge in [-0.25, -0.2) is 0 Å². The molecule has 0 saturated carbocycles. The van der Waals surface area contributed by atoms with Crippen molar-refractivity contribution in [3.8, 4) is 0 Å². The van der Waals surface area contributed by atoms with Crippen LogP contribution in [0.4, 0.5) is 0 Å². The normalized spacial score (nSPS) is 10.5. The summed E-state index contributed by atoms with van der Waals surface area (Å²) in [5.41, 5.74) is 1.09. The number of rotatable bonds is 4. The lowest BCUT2D eigenvalue weighted by atomic mass is 10.3. The highest BCUT2D eigenvalue weighted by Gasteiger charge is 1.97. The molecule has 0 fully saturated rings. The van der Waals surface area contributed by atoms with Crippen molar-refractivity contribution >= 4 is 29.3 Å². The molecule has 0 unspecified atom stereocenters. The fourth-order valence-corrected chi connectivity index (χ4v) is 1.74. The number of nitrogens with one attached hydrogen (secondary N) is 1. The Hall–Kier alpha value is -1.62. The van der Waals surface area contributed by atoms with Crippen molar-refractivity contribution in [3.05, 3.63) is 28.0 Å². The quantitative estimate of drug-likeness (QED) is 0.728. The third-order valence-corrected chi connectivity index (χ3v) is 2.68. The van der Waals surface area contributed by atoms with Crippen molar-refractivity contribution in [2.75, 3.05) is 6.54 Å². The maximum atomic E-state index is 11.1. The van der Waals surface area contributed by atoms with E-state index < -0.39 is 18.4 Å². The summed E-state index contributed by atoms with van der Waals surface area (Å²) in [6, 6.07) is 1.95. The Labute approximate surface area is 91.2 Å². The second kappa shape index (κ2) is 5.31. The molecule has 1 rings (SSSR count). The Balaban J connectivity index is 2.48. The molecule has 1 amide bonds. The number of carbonyl (C=O) groups is 2. The third kappa shape index (κ3) is 3.95. The van der Waals surface area contributed by atoms with E-state index in [1.165, 1.54) is 17.4 Å². The monoisotopic (exact) mass is 224 g/mol. The lowest BCUT2D eigenvalue weighted by Gasteiger charge is -2.01. The molecule has 0 atom stereocenters. The van der Waals surface area contributed by atoms with Crippen LogP contribution >= 0.6 is 11.3 Å². The molecule has 0 spiro atoms. The third-order valence-electron chi connectivity index (χ3n) is 1.69. The van der Waals surface area contributed by atoms with Gasteiger partial charge in [-0.3, -0.25) is 4.79 Å². The van der Waals surface area contributed by atoms with Crippen LogP contribution in [0.3, 0.4) is 0 Å². The van der Waals surface area contributed by atoms with E-state index >= 15 is 0 Å². The summed E-state index contributed by atoms with van der Waals surface area (Å²) < 4.78 is 0. The van der Waals surface area contributed by atoms with Gasteiger partial charge in [0, 0.05) is 11.0 Å². The summed E-state index contributed by atoms with van der Waals surface area (Å²) in [4.78, 5) is 22.1. The molecule has 0 aromatic carbocycles. The van der Waals surface area contributed by atoms with Crippen molar-refractivity contribution in [1.82, 2.24) is 5.32 Å². The van der Waals surface area contributed by atoms with E-state index in [0.29, 0.717) is 0 Å². The molecule has 1 N–H and O–H groups in total. The van der Waals surface area contributed by atoms with Crippen LogP contribution in [0.25, 0.3) is 6.08 Å². The highest BCUT2D eigenvalue weighted by atomic mass is 32.1. The number of carboxylic acid groups (broad SMARTS) is 1. The first-order valence-electron chi connectivity index (χ1n) is 4.29. The first-order chi connectivity index (χ1) is 7.09. The fourth-order valence-electron chi connectivity index (χ4n) is 0.925. The minimum absolute atomic E-state index is 0.438. The molecule has 5 heteroatoms. The largest absolute Gasteiger partial charge is 0.548 e. The zero-order valence-corrected chi connectivity index (χ0v) is 8.97. The van der Waals surface area contributed by atoms with Crippen LogP contribution in [0.15, 0.2) is 17.5 Å². The number of aryl methyl sites for hydroxylation is 1. The second-order valence-electron chi connectivity index (χ2n) is 2.89. The lowest BCUT2D eigenvalue weighted by molar-refractivity contribution is -0.303. The smallest absolute Gasteiger partial charge is 0.244 e. The topological polar surface area (TPSA) is 69.2 Å². The van der Waals surface area contributed by atoms with E-state index in [1.54, 1.807) is 6.08 Å². The molecule has 0 radical (unpaired) electrons. The molecule has 0 bridgehead atoms. The molecule has 80 valence electrons. The first-order valence-corrected chi connectivity index (χ1v) is 5.17. The number of carboxylic acids is 1. The molecular formula is C10H10NO3S-. The summed E-state index contributed by atoms with van der Waals surface area (Å²) in [5, 5.41) is 14.1. The zero-order valence-electron chi connectivity index (χ0n) is 8.15. The van der Waals surface area contributed by atoms with Crippen molar-refractivity contribution in [2.24, 2.45) is 0 Å². The van der Waals surface area contributed by atoms with Crippen LogP contribution in [0.5, 0.6) is 0 Å². The SMILES string of the molecule is Cc1ccsc1C=CC(=O)NCC(=O)[O-]. The maximum Gasteiger partial charge on any atom is 0.244 e. The Kier molecular flexibility index (Phi) is 4.05. The van der Waals surface area contributed by atoms with Crippen LogP contribution < -0.4 is 10.4 Å². The van der Waals surface area contributed by atoms with Crippen molar-refractivity contribution in [2.45, 2.75) is 6.92 Å². The molecule has 1 heterocycles. The average Bonchev–Trinajstić information content (AvgIpc) is 2.58. The number of aliphatic carboxylic acids is 1. The molecule has 0 aliphatic carbocycles. The van der Waals surface area contributed by atoms with Gasteiger partial charge in [-0.1, -0.05) is 0 Å². The second-order valence-corrected chi connectivity index (χ2v) is 3.84. The molecule has 1 aromatic heterocycles. The molecule has 0 saturated heterocycles. The van der Waals surface area contributed by atoms with Crippen LogP contribution in [-0.4, -0.2) is 18.4 Å². The van der Waals surface area contributed by atoms with E-state index in [9.17, 15) is 14.7 Å². The number of amides is 1. The highest BCUT2D eigenvalue weighted by Crippen LogP contribution is 2.16. The van der Waals surface area contributed by atoms with Gasteiger partial charge >= 0.3 is 0 Å². The van der Waals surface area contributed by atoms with Gasteiger partial charge in [0.15, 0.2) is 0 Å². The van der Waals surface area contributed by atoms with E-state index in [4.69, 9.17) is 0 Å². The van der Waals surface area contributed by atoms with Gasteiger partial charge < -0.3 is 15.2 Å². The van der Waals surface area contributed by atoms with E-state index in [0.717, 1.165) is 10.4 Å². The average molecular weight is 224 g/mol. The van der Waals surface area contributed by atoms with Crippen LogP contribution in [0.1, 0.15) is 10.4 Å². The van der Waals surface area contributed by atoms with Gasteiger partial charge in [0.2, 0.25) is 5.91 Å². The number of hydrogen-bond acceptors (Lipinski definition) is 4. The summed E-state index contributed by atoms with van der Waals surface area (Å²) in [6.45, 7) is 1.47. The number of hydrogen-bond donors (Lipinski definition) is 1. The van der Waals surface area contributed by atoms with Crippen molar-refractivity contribution < 1.29 is 14.7 Å². The van der Waals surface area contributed by atoms with Crippen LogP contribution in [-0.2, 0) is 9.59 Å². The van der Waals surface area contributed by atoms with E-state index in [2.05, 4.69) is 5.32 Å². The van der Waals surface area contributed by atoms with E-state index in [1.807, 2.05) is 18.4 Å². The van der Waals surface area contributed by atoms with Crippen LogP contribution in [0.2, 0.25) is 0 Å². The minimum Gasteiger partial charge on any atom is -0.548 e. The number of carbonyl (C=O) groups excluding carboxylic acids is 2. The van der Waals surface area contributed by atoms with Crippen molar-refractivity contribution in [3.63, 3.8) is 0 Å². The first kappa shape index (κ1) is 11.5. The predicted molar refractivity (Wildman–Crippen MR) is 56.1 cm³/mol. The molecular weight excluding hydrogens is 214 g/mol. The minimum atomic E-state index is -1.30. The highest BCUT2D eigenvalue weighted by molar-refractivity contribution is 7.11. The van der Waals surface area contributed by atoms with Gasteiger partial charge in [-0.2, -0.15) is 0 Å². The Bertz CT molecular complexity index is 395. The van der Waals surface area contributed by atoms with Gasteiger partial charge in [-0.05, 0) is 30.0 Å². The van der Waals surface area contributed by atoms with Crippen LogP contribution in [0, 0.1) is 6.92 Å². The Morgan fingerprint density at radius 2 is 2.33 bits per heavy atom. The van der Waals surface area contributed by atoms with Gasteiger partial charge in [0.1, 0.15) is 0 Å². The summed E-state index contributed by atoms with van der Waals surface area (Å²) in [7, 11) is 0. The molecule has 4 nitrogen and oxygen atoms in total. The summed E-state index contributed by atoms with van der Waals surface area (Å²) in [6.07, 6.45) is 2.96. The number of thiophene rings is 1. The molecule has 1 aromatic rings. The van der Waals surface area contributed by atoms with Crippen molar-refractivity contribution in [1.29, 1.82) is 0 Å². The Morgan fingerprint density at radius 3 is 2.87 bits per heavy atom. The van der Waals surface area contributed by atoms with Gasteiger partial charge in [-0.15, -0.1) is 11.3 Å². The molecule has 0 aliphatic heterocycles. The zero-order chi connectivity index (χ0) is 11.3. The van der Waals surface area contributed by atoms with Gasteiger partial charge in [0.05, 0.1) is 12.5 Å². The molecule has 0 aliphatic rings. The maximum absolute atomic E-state index is 11.1. The van der Waals surface area contributed by atoms with Gasteiger partial charge in [0.25, 0.3) is 0 Å².